The van der Waals surface area contributed by atoms with Crippen LogP contribution in [0.5, 0.6) is 5.75 Å². The summed E-state index contributed by atoms with van der Waals surface area (Å²) in [5.41, 5.74) is 1.85. The largest absolute Gasteiger partial charge is 0.489 e. The number of benzene rings is 2. The van der Waals surface area contributed by atoms with Crippen LogP contribution in [0.2, 0.25) is 0 Å². The molecule has 2 aromatic carbocycles. The van der Waals surface area contributed by atoms with Gasteiger partial charge in [0, 0.05) is 24.1 Å². The van der Waals surface area contributed by atoms with E-state index in [1.807, 2.05) is 17.0 Å². The number of hydrogen-bond acceptors (Lipinski definition) is 3. The highest BCUT2D eigenvalue weighted by Crippen LogP contribution is 2.44. The van der Waals surface area contributed by atoms with E-state index < -0.39 is 17.7 Å². The van der Waals surface area contributed by atoms with E-state index in [-0.39, 0.29) is 24.1 Å². The molecule has 2 aliphatic rings. The van der Waals surface area contributed by atoms with Gasteiger partial charge in [-0.05, 0) is 42.2 Å². The summed E-state index contributed by atoms with van der Waals surface area (Å²) in [4.78, 5) is 12.7. The monoisotopic (exact) mass is 391 g/mol. The standard InChI is InChI=1S/C21H20F3NO3/c22-21(23,24)18-4-2-1-3-15(18)11-28-17-6-5-14-8-20(9-16(14)7-17)12-25(13-20)10-19(26)27/h1-7H,8-13H2,(H,26,27). The van der Waals surface area contributed by atoms with E-state index >= 15 is 0 Å². The van der Waals surface area contributed by atoms with Gasteiger partial charge < -0.3 is 9.84 Å². The summed E-state index contributed by atoms with van der Waals surface area (Å²) in [7, 11) is 0. The molecule has 0 amide bonds. The minimum absolute atomic E-state index is 0.0606. The van der Waals surface area contributed by atoms with Crippen molar-refractivity contribution >= 4 is 5.97 Å². The molecule has 148 valence electrons. The third-order valence-electron chi connectivity index (χ3n) is 5.50. The first kappa shape index (κ1) is 18.8. The Morgan fingerprint density at radius 3 is 2.54 bits per heavy atom. The summed E-state index contributed by atoms with van der Waals surface area (Å²) in [6.07, 6.45) is -2.67. The number of alkyl halides is 3. The molecule has 28 heavy (non-hydrogen) atoms. The van der Waals surface area contributed by atoms with Gasteiger partial charge in [0.15, 0.2) is 0 Å². The maximum atomic E-state index is 13.1. The van der Waals surface area contributed by atoms with E-state index in [0.717, 1.165) is 37.6 Å². The fourth-order valence-corrected chi connectivity index (χ4v) is 4.41. The van der Waals surface area contributed by atoms with Crippen LogP contribution in [0, 0.1) is 5.41 Å². The van der Waals surface area contributed by atoms with Gasteiger partial charge in [0.1, 0.15) is 12.4 Å². The number of hydrogen-bond donors (Lipinski definition) is 1. The van der Waals surface area contributed by atoms with E-state index in [1.165, 1.54) is 17.7 Å². The number of carboxylic acid groups (broad SMARTS) is 1. The lowest BCUT2D eigenvalue weighted by Crippen LogP contribution is -2.58. The number of likely N-dealkylation sites (tertiary alicyclic amines) is 1. The molecule has 1 aliphatic carbocycles. The fourth-order valence-electron chi connectivity index (χ4n) is 4.41. The maximum absolute atomic E-state index is 13.1. The van der Waals surface area contributed by atoms with Crippen LogP contribution in [0.3, 0.4) is 0 Å². The molecular formula is C21H20F3NO3. The molecular weight excluding hydrogens is 371 g/mol. The first-order valence-corrected chi connectivity index (χ1v) is 9.08. The molecule has 4 nitrogen and oxygen atoms in total. The van der Waals surface area contributed by atoms with Crippen LogP contribution in [0.25, 0.3) is 0 Å². The molecule has 0 saturated carbocycles. The molecule has 7 heteroatoms. The Hall–Kier alpha value is -2.54. The van der Waals surface area contributed by atoms with E-state index in [2.05, 4.69) is 0 Å². The van der Waals surface area contributed by atoms with Crippen molar-refractivity contribution in [3.63, 3.8) is 0 Å². The third-order valence-corrected chi connectivity index (χ3v) is 5.50. The zero-order chi connectivity index (χ0) is 19.9. The number of rotatable bonds is 5. The summed E-state index contributed by atoms with van der Waals surface area (Å²) in [6.45, 7) is 1.42. The van der Waals surface area contributed by atoms with Gasteiger partial charge in [-0.2, -0.15) is 13.2 Å². The molecule has 1 spiro atoms. The third kappa shape index (κ3) is 3.71. The SMILES string of the molecule is O=C(O)CN1CC2(Cc3ccc(OCc4ccccc4C(F)(F)F)cc3C2)C1. The Morgan fingerprint density at radius 2 is 1.82 bits per heavy atom. The highest BCUT2D eigenvalue weighted by Gasteiger charge is 2.47. The lowest BCUT2D eigenvalue weighted by Gasteiger charge is -2.47. The zero-order valence-electron chi connectivity index (χ0n) is 15.1. The van der Waals surface area contributed by atoms with Crippen molar-refractivity contribution < 1.29 is 27.8 Å². The topological polar surface area (TPSA) is 49.8 Å². The van der Waals surface area contributed by atoms with Gasteiger partial charge in [0.05, 0.1) is 12.1 Å². The first-order valence-electron chi connectivity index (χ1n) is 9.08. The number of carbonyl (C=O) groups is 1. The molecule has 0 unspecified atom stereocenters. The van der Waals surface area contributed by atoms with Crippen molar-refractivity contribution in [1.29, 1.82) is 0 Å². The van der Waals surface area contributed by atoms with Crippen molar-refractivity contribution in [1.82, 2.24) is 4.90 Å². The van der Waals surface area contributed by atoms with Gasteiger partial charge in [-0.3, -0.25) is 9.69 Å². The number of carboxylic acids is 1. The lowest BCUT2D eigenvalue weighted by atomic mass is 9.77. The van der Waals surface area contributed by atoms with Crippen molar-refractivity contribution in [2.75, 3.05) is 19.6 Å². The van der Waals surface area contributed by atoms with Gasteiger partial charge >= 0.3 is 12.1 Å². The second-order valence-electron chi connectivity index (χ2n) is 7.77. The molecule has 1 N–H and O–H groups in total. The molecule has 1 heterocycles. The Morgan fingerprint density at radius 1 is 1.11 bits per heavy atom. The zero-order valence-corrected chi connectivity index (χ0v) is 15.1. The van der Waals surface area contributed by atoms with Gasteiger partial charge in [0.25, 0.3) is 0 Å². The highest BCUT2D eigenvalue weighted by molar-refractivity contribution is 5.69. The van der Waals surface area contributed by atoms with Crippen molar-refractivity contribution in [3.8, 4) is 5.75 Å². The Balaban J connectivity index is 1.41. The maximum Gasteiger partial charge on any atom is 0.416 e. The lowest BCUT2D eigenvalue weighted by molar-refractivity contribution is -0.141. The normalized spacial score (nSPS) is 18.0. The fraction of sp³-hybridized carbons (Fsp3) is 0.381. The highest BCUT2D eigenvalue weighted by atomic mass is 19.4. The summed E-state index contributed by atoms with van der Waals surface area (Å²) >= 11 is 0. The first-order chi connectivity index (χ1) is 13.2. The molecule has 1 aliphatic heterocycles. The van der Waals surface area contributed by atoms with Gasteiger partial charge in [-0.15, -0.1) is 0 Å². The predicted octanol–water partition coefficient (Wildman–Crippen LogP) is 3.77. The summed E-state index contributed by atoms with van der Waals surface area (Å²) in [5, 5.41) is 8.88. The number of aliphatic carboxylic acids is 1. The number of halogens is 3. The van der Waals surface area contributed by atoms with Crippen LogP contribution in [0.15, 0.2) is 42.5 Å². The summed E-state index contributed by atoms with van der Waals surface area (Å²) in [6, 6.07) is 11.1. The van der Waals surface area contributed by atoms with Gasteiger partial charge in [0.2, 0.25) is 0 Å². The Labute approximate surface area is 160 Å². The van der Waals surface area contributed by atoms with Crippen molar-refractivity contribution in [3.05, 3.63) is 64.7 Å². The average Bonchev–Trinajstić information content (AvgIpc) is 2.97. The van der Waals surface area contributed by atoms with Gasteiger partial charge in [-0.1, -0.05) is 24.3 Å². The minimum Gasteiger partial charge on any atom is -0.489 e. The van der Waals surface area contributed by atoms with Crippen molar-refractivity contribution in [2.24, 2.45) is 5.41 Å². The smallest absolute Gasteiger partial charge is 0.416 e. The second kappa shape index (κ2) is 6.81. The van der Waals surface area contributed by atoms with Crippen LogP contribution in [0.4, 0.5) is 13.2 Å². The van der Waals surface area contributed by atoms with Crippen LogP contribution in [-0.2, 0) is 30.4 Å². The molecule has 0 aromatic heterocycles. The average molecular weight is 391 g/mol. The molecule has 0 bridgehead atoms. The van der Waals surface area contributed by atoms with Crippen LogP contribution in [-0.4, -0.2) is 35.6 Å². The Kier molecular flexibility index (Phi) is 4.57. The molecule has 2 aromatic rings. The molecule has 4 rings (SSSR count). The summed E-state index contributed by atoms with van der Waals surface area (Å²) in [5.74, 6) is -0.269. The molecule has 1 fully saturated rings. The predicted molar refractivity (Wildman–Crippen MR) is 96.1 cm³/mol. The van der Waals surface area contributed by atoms with Crippen molar-refractivity contribution in [2.45, 2.75) is 25.6 Å². The van der Waals surface area contributed by atoms with E-state index in [9.17, 15) is 18.0 Å². The van der Waals surface area contributed by atoms with Crippen LogP contribution in [0.1, 0.15) is 22.3 Å². The number of nitrogens with zero attached hydrogens (tertiary/aromatic N) is 1. The number of fused-ring (bicyclic) bond motifs is 1. The van der Waals surface area contributed by atoms with Crippen LogP contribution >= 0.6 is 0 Å². The number of ether oxygens (including phenoxy) is 1. The Bertz CT molecular complexity index is 904. The quantitative estimate of drug-likeness (QED) is 0.843. The van der Waals surface area contributed by atoms with Gasteiger partial charge in [-0.25, -0.2) is 0 Å². The van der Waals surface area contributed by atoms with E-state index in [0.29, 0.717) is 5.75 Å². The summed E-state index contributed by atoms with van der Waals surface area (Å²) < 4.78 is 45.0. The minimum atomic E-state index is -4.41. The second-order valence-corrected chi connectivity index (χ2v) is 7.77. The van der Waals surface area contributed by atoms with Crippen LogP contribution < -0.4 is 4.74 Å². The molecule has 0 atom stereocenters. The molecule has 1 saturated heterocycles. The van der Waals surface area contributed by atoms with E-state index in [1.54, 1.807) is 12.1 Å². The molecule has 0 radical (unpaired) electrons. The van der Waals surface area contributed by atoms with E-state index in [4.69, 9.17) is 9.84 Å².